The van der Waals surface area contributed by atoms with Gasteiger partial charge in [0.05, 0.1) is 0 Å². The minimum atomic E-state index is -0.292. The fourth-order valence-corrected chi connectivity index (χ4v) is 1.31. The molecule has 0 amide bonds. The molecule has 1 atom stereocenters. The van der Waals surface area contributed by atoms with Crippen LogP contribution in [0.1, 0.15) is 11.0 Å². The van der Waals surface area contributed by atoms with Crippen LogP contribution in [-0.4, -0.2) is 18.2 Å². The number of rotatable bonds is 3. The Morgan fingerprint density at radius 1 is 1.82 bits per heavy atom. The molecular weight excluding hydrogens is 160 g/mol. The largest absolute Gasteiger partial charge is 0.298 e. The Labute approximate surface area is 68.5 Å². The fourth-order valence-electron chi connectivity index (χ4n) is 0.674. The smallest absolute Gasteiger partial charge is 0.156 e. The zero-order valence-electron chi connectivity index (χ0n) is 6.06. The predicted octanol–water partition coefficient (Wildman–Crippen LogP) is 1.92. The van der Waals surface area contributed by atoms with Gasteiger partial charge >= 0.3 is 0 Å². The van der Waals surface area contributed by atoms with Crippen LogP contribution < -0.4 is 0 Å². The number of hydrogen-bond acceptors (Lipinski definition) is 5. The predicted molar refractivity (Wildman–Crippen MR) is 44.4 cm³/mol. The van der Waals surface area contributed by atoms with Crippen molar-refractivity contribution in [2.24, 2.45) is 10.1 Å². The van der Waals surface area contributed by atoms with E-state index in [9.17, 15) is 0 Å². The van der Waals surface area contributed by atoms with Gasteiger partial charge in [0.25, 0.3) is 0 Å². The Bertz CT molecular complexity index is 241. The average Bonchev–Trinajstić information content (AvgIpc) is 2.52. The lowest BCUT2D eigenvalue weighted by Gasteiger charge is -1.96. The van der Waals surface area contributed by atoms with Crippen LogP contribution in [0.25, 0.3) is 0 Å². The summed E-state index contributed by atoms with van der Waals surface area (Å²) in [6.07, 6.45) is 3.30. The summed E-state index contributed by atoms with van der Waals surface area (Å²) in [6.45, 7) is 0. The van der Waals surface area contributed by atoms with Crippen LogP contribution in [0.3, 0.4) is 0 Å². The molecule has 0 radical (unpaired) electrons. The molecule has 11 heavy (non-hydrogen) atoms. The van der Waals surface area contributed by atoms with Crippen LogP contribution in [0.4, 0.5) is 0 Å². The molecule has 0 aromatic carbocycles. The Balaban J connectivity index is 2.79. The second-order valence-electron chi connectivity index (χ2n) is 1.85. The summed E-state index contributed by atoms with van der Waals surface area (Å²) in [5.74, 6) is 0. The van der Waals surface area contributed by atoms with E-state index < -0.39 is 0 Å². The maximum atomic E-state index is 6.84. The average molecular weight is 168 g/mol. The van der Waals surface area contributed by atoms with Crippen molar-refractivity contribution in [3.63, 3.8) is 0 Å². The van der Waals surface area contributed by atoms with Crippen molar-refractivity contribution in [1.29, 1.82) is 5.53 Å². The number of aromatic nitrogens is 1. The summed E-state index contributed by atoms with van der Waals surface area (Å²) in [5, 5.41) is 6.04. The van der Waals surface area contributed by atoms with Gasteiger partial charge in [0.2, 0.25) is 0 Å². The van der Waals surface area contributed by atoms with Gasteiger partial charge in [0.1, 0.15) is 5.01 Å². The van der Waals surface area contributed by atoms with Gasteiger partial charge in [-0.1, -0.05) is 0 Å². The van der Waals surface area contributed by atoms with Gasteiger partial charge in [-0.2, -0.15) is 5.11 Å². The summed E-state index contributed by atoms with van der Waals surface area (Å²) in [7, 11) is 1.66. The number of hydrogen-bond donors (Lipinski definition) is 1. The van der Waals surface area contributed by atoms with Crippen molar-refractivity contribution in [3.8, 4) is 0 Å². The molecule has 1 rings (SSSR count). The van der Waals surface area contributed by atoms with Crippen molar-refractivity contribution in [1.82, 2.24) is 4.98 Å². The van der Waals surface area contributed by atoms with Gasteiger partial charge in [-0.15, -0.1) is 11.3 Å². The van der Waals surface area contributed by atoms with Crippen LogP contribution in [0.5, 0.6) is 0 Å². The zero-order valence-corrected chi connectivity index (χ0v) is 6.88. The molecular formula is C6H8N4S. The summed E-state index contributed by atoms with van der Waals surface area (Å²) >= 11 is 1.48. The highest BCUT2D eigenvalue weighted by atomic mass is 32.1. The van der Waals surface area contributed by atoms with Crippen molar-refractivity contribution >= 4 is 17.6 Å². The molecule has 0 fully saturated rings. The van der Waals surface area contributed by atoms with E-state index in [0.717, 1.165) is 5.01 Å². The first-order valence-corrected chi connectivity index (χ1v) is 3.94. The van der Waals surface area contributed by atoms with E-state index in [2.05, 4.69) is 15.1 Å². The summed E-state index contributed by atoms with van der Waals surface area (Å²) < 4.78 is 0. The lowest BCUT2D eigenvalue weighted by atomic mass is 10.4. The van der Waals surface area contributed by atoms with Gasteiger partial charge in [0.15, 0.2) is 6.04 Å². The van der Waals surface area contributed by atoms with Crippen molar-refractivity contribution in [2.75, 3.05) is 7.05 Å². The molecule has 0 bridgehead atoms. The third-order valence-electron chi connectivity index (χ3n) is 1.13. The van der Waals surface area contributed by atoms with Crippen LogP contribution >= 0.6 is 11.3 Å². The normalized spacial score (nSPS) is 13.5. The van der Waals surface area contributed by atoms with Crippen LogP contribution in [0.15, 0.2) is 21.7 Å². The number of aliphatic imine (C=N–C) groups is 1. The van der Waals surface area contributed by atoms with Crippen molar-refractivity contribution < 1.29 is 0 Å². The van der Waals surface area contributed by atoms with Gasteiger partial charge in [-0.05, 0) is 0 Å². The summed E-state index contributed by atoms with van der Waals surface area (Å²) in [5.41, 5.74) is 6.84. The molecule has 1 heterocycles. The molecule has 0 aliphatic heterocycles. The van der Waals surface area contributed by atoms with E-state index in [1.54, 1.807) is 19.5 Å². The molecule has 0 saturated carbocycles. The number of nitrogens with zero attached hydrogens (tertiary/aromatic N) is 3. The summed E-state index contributed by atoms with van der Waals surface area (Å²) in [6, 6.07) is -0.292. The monoisotopic (exact) mass is 168 g/mol. The van der Waals surface area contributed by atoms with Gasteiger partial charge in [-0.25, -0.2) is 10.5 Å². The maximum Gasteiger partial charge on any atom is 0.156 e. The van der Waals surface area contributed by atoms with E-state index in [1.807, 2.05) is 5.38 Å². The zero-order chi connectivity index (χ0) is 8.10. The van der Waals surface area contributed by atoms with E-state index in [1.165, 1.54) is 11.3 Å². The van der Waals surface area contributed by atoms with Crippen LogP contribution in [0, 0.1) is 5.53 Å². The standard InChI is InChI=1S/C6H8N4S/c1-8-4-5(10-7)6-9-2-3-11-6/h2-5,7H,1H3. The van der Waals surface area contributed by atoms with Gasteiger partial charge in [0, 0.05) is 24.8 Å². The molecule has 0 saturated heterocycles. The highest BCUT2D eigenvalue weighted by molar-refractivity contribution is 7.09. The molecule has 1 unspecified atom stereocenters. The SMILES string of the molecule is CN=CC(N=N)c1nccs1. The fraction of sp³-hybridized carbons (Fsp3) is 0.333. The van der Waals surface area contributed by atoms with E-state index in [0.29, 0.717) is 0 Å². The van der Waals surface area contributed by atoms with Crippen LogP contribution in [0.2, 0.25) is 0 Å². The molecule has 0 spiro atoms. The molecule has 4 nitrogen and oxygen atoms in total. The minimum absolute atomic E-state index is 0.292. The Kier molecular flexibility index (Phi) is 2.85. The van der Waals surface area contributed by atoms with Crippen molar-refractivity contribution in [3.05, 3.63) is 16.6 Å². The van der Waals surface area contributed by atoms with E-state index in [4.69, 9.17) is 5.53 Å². The lowest BCUT2D eigenvalue weighted by Crippen LogP contribution is -1.94. The third-order valence-corrected chi connectivity index (χ3v) is 1.98. The Morgan fingerprint density at radius 2 is 2.64 bits per heavy atom. The molecule has 0 aliphatic carbocycles. The Morgan fingerprint density at radius 3 is 3.09 bits per heavy atom. The number of nitrogens with one attached hydrogen (secondary N) is 1. The molecule has 58 valence electrons. The van der Waals surface area contributed by atoms with Crippen molar-refractivity contribution in [2.45, 2.75) is 6.04 Å². The minimum Gasteiger partial charge on any atom is -0.298 e. The highest BCUT2D eigenvalue weighted by Gasteiger charge is 2.07. The first kappa shape index (κ1) is 8.00. The molecule has 1 aromatic heterocycles. The first-order chi connectivity index (χ1) is 5.38. The number of thiazole rings is 1. The molecule has 5 heteroatoms. The second-order valence-corrected chi connectivity index (χ2v) is 2.78. The first-order valence-electron chi connectivity index (χ1n) is 3.06. The third kappa shape index (κ3) is 1.91. The molecule has 1 aromatic rings. The topological polar surface area (TPSA) is 61.5 Å². The lowest BCUT2D eigenvalue weighted by molar-refractivity contribution is 0.840. The van der Waals surface area contributed by atoms with Crippen LogP contribution in [-0.2, 0) is 0 Å². The molecule has 1 N–H and O–H groups in total. The molecule has 0 aliphatic rings. The van der Waals surface area contributed by atoms with Gasteiger partial charge < -0.3 is 0 Å². The Hall–Kier alpha value is -1.10. The summed E-state index contributed by atoms with van der Waals surface area (Å²) in [4.78, 5) is 7.81. The van der Waals surface area contributed by atoms with E-state index >= 15 is 0 Å². The second kappa shape index (κ2) is 3.92. The highest BCUT2D eigenvalue weighted by Crippen LogP contribution is 2.16. The maximum absolute atomic E-state index is 6.84. The van der Waals surface area contributed by atoms with Gasteiger partial charge in [-0.3, -0.25) is 4.99 Å². The quantitative estimate of drug-likeness (QED) is 0.544. The van der Waals surface area contributed by atoms with E-state index in [-0.39, 0.29) is 6.04 Å².